The zero-order valence-electron chi connectivity index (χ0n) is 8.56. The van der Waals surface area contributed by atoms with Crippen molar-refractivity contribution in [3.8, 4) is 0 Å². The molecular weight excluding hydrogens is 292 g/mol. The highest BCUT2D eigenvalue weighted by atomic mass is 79.9. The summed E-state index contributed by atoms with van der Waals surface area (Å²) in [7, 11) is -3.37. The van der Waals surface area contributed by atoms with E-state index in [0.717, 1.165) is 15.4 Å². The summed E-state index contributed by atoms with van der Waals surface area (Å²) in [4.78, 5) is 0. The Bertz CT molecular complexity index is 454. The number of benzene rings is 1. The van der Waals surface area contributed by atoms with Crippen molar-refractivity contribution in [1.82, 2.24) is 4.72 Å². The summed E-state index contributed by atoms with van der Waals surface area (Å²) in [6.07, 6.45) is 1.53. The normalized spacial score (nSPS) is 12.1. The number of nitrogens with two attached hydrogens (primary N) is 1. The van der Waals surface area contributed by atoms with Crippen LogP contribution < -0.4 is 10.5 Å². The molecule has 0 spiro atoms. The summed E-state index contributed by atoms with van der Waals surface area (Å²) in [5.74, 6) is 0. The summed E-state index contributed by atoms with van der Waals surface area (Å²) in [5.41, 5.74) is 6.02. The second kappa shape index (κ2) is 6.15. The molecule has 0 aliphatic carbocycles. The zero-order valence-corrected chi connectivity index (χ0v) is 11.0. The molecule has 0 atom stereocenters. The number of sulfonamides is 1. The lowest BCUT2D eigenvalue weighted by Crippen LogP contribution is -2.27. The maximum absolute atomic E-state index is 11.4. The van der Waals surface area contributed by atoms with Crippen LogP contribution >= 0.6 is 15.9 Å². The van der Waals surface area contributed by atoms with Crippen LogP contribution in [0.2, 0.25) is 0 Å². The molecule has 0 unspecified atom stereocenters. The molecule has 0 radical (unpaired) electrons. The molecule has 0 heterocycles. The van der Waals surface area contributed by atoms with E-state index in [1.807, 2.05) is 24.3 Å². The standard InChI is InChI=1S/C10H13BrN2O2S/c11-10-3-1-9(2-4-10)5-8-16(14,15)13-7-6-12/h1-5,8,13H,6-7,12H2/b8-5+. The van der Waals surface area contributed by atoms with Crippen molar-refractivity contribution in [2.45, 2.75) is 0 Å². The average molecular weight is 305 g/mol. The average Bonchev–Trinajstić information content (AvgIpc) is 2.26. The van der Waals surface area contributed by atoms with Crippen molar-refractivity contribution in [1.29, 1.82) is 0 Å². The first kappa shape index (κ1) is 13.4. The van der Waals surface area contributed by atoms with E-state index in [4.69, 9.17) is 5.73 Å². The lowest BCUT2D eigenvalue weighted by atomic mass is 10.2. The Hall–Kier alpha value is -0.690. The number of rotatable bonds is 5. The number of nitrogens with one attached hydrogen (secondary N) is 1. The van der Waals surface area contributed by atoms with E-state index in [9.17, 15) is 8.42 Å². The van der Waals surface area contributed by atoms with E-state index in [0.29, 0.717) is 0 Å². The second-order valence-electron chi connectivity index (χ2n) is 3.08. The van der Waals surface area contributed by atoms with Gasteiger partial charge in [-0.15, -0.1) is 0 Å². The van der Waals surface area contributed by atoms with Gasteiger partial charge in [0.25, 0.3) is 0 Å². The highest BCUT2D eigenvalue weighted by Crippen LogP contribution is 2.11. The van der Waals surface area contributed by atoms with Gasteiger partial charge in [0, 0.05) is 23.0 Å². The fourth-order valence-corrected chi connectivity index (χ4v) is 2.09. The van der Waals surface area contributed by atoms with Gasteiger partial charge < -0.3 is 5.73 Å². The molecule has 3 N–H and O–H groups in total. The van der Waals surface area contributed by atoms with Crippen LogP contribution in [0.25, 0.3) is 6.08 Å². The van der Waals surface area contributed by atoms with Gasteiger partial charge >= 0.3 is 0 Å². The van der Waals surface area contributed by atoms with Crippen LogP contribution in [-0.4, -0.2) is 21.5 Å². The molecule has 1 aromatic carbocycles. The Morgan fingerprint density at radius 1 is 1.31 bits per heavy atom. The first-order valence-electron chi connectivity index (χ1n) is 4.67. The summed E-state index contributed by atoms with van der Waals surface area (Å²) in [6, 6.07) is 7.33. The highest BCUT2D eigenvalue weighted by Gasteiger charge is 2.02. The van der Waals surface area contributed by atoms with Crippen LogP contribution in [0.4, 0.5) is 0 Å². The minimum atomic E-state index is -3.37. The molecule has 1 aromatic rings. The predicted molar refractivity (Wildman–Crippen MR) is 69.2 cm³/mol. The maximum atomic E-state index is 11.4. The van der Waals surface area contributed by atoms with Crippen molar-refractivity contribution < 1.29 is 8.42 Å². The van der Waals surface area contributed by atoms with Crippen LogP contribution in [0.5, 0.6) is 0 Å². The third-order valence-corrected chi connectivity index (χ3v) is 3.39. The summed E-state index contributed by atoms with van der Waals surface area (Å²) >= 11 is 3.30. The quantitative estimate of drug-likeness (QED) is 0.861. The topological polar surface area (TPSA) is 72.2 Å². The van der Waals surface area contributed by atoms with Crippen molar-refractivity contribution in [3.05, 3.63) is 39.7 Å². The minimum Gasteiger partial charge on any atom is -0.329 e. The van der Waals surface area contributed by atoms with Gasteiger partial charge in [-0.1, -0.05) is 28.1 Å². The fraction of sp³-hybridized carbons (Fsp3) is 0.200. The van der Waals surface area contributed by atoms with Crippen LogP contribution in [0.3, 0.4) is 0 Å². The molecule has 1 rings (SSSR count). The third-order valence-electron chi connectivity index (χ3n) is 1.76. The van der Waals surface area contributed by atoms with Crippen LogP contribution in [-0.2, 0) is 10.0 Å². The summed E-state index contributed by atoms with van der Waals surface area (Å²) < 4.78 is 26.0. The smallest absolute Gasteiger partial charge is 0.233 e. The Labute approximate surface area is 104 Å². The van der Waals surface area contributed by atoms with Crippen molar-refractivity contribution in [3.63, 3.8) is 0 Å². The highest BCUT2D eigenvalue weighted by molar-refractivity contribution is 9.10. The Morgan fingerprint density at radius 3 is 2.50 bits per heavy atom. The zero-order chi connectivity index (χ0) is 12.0. The number of hydrogen-bond donors (Lipinski definition) is 2. The van der Waals surface area contributed by atoms with Gasteiger partial charge in [-0.3, -0.25) is 0 Å². The largest absolute Gasteiger partial charge is 0.329 e. The first-order chi connectivity index (χ1) is 7.53. The monoisotopic (exact) mass is 304 g/mol. The van der Waals surface area contributed by atoms with Crippen molar-refractivity contribution >= 4 is 32.0 Å². The van der Waals surface area contributed by atoms with Gasteiger partial charge in [0.1, 0.15) is 0 Å². The van der Waals surface area contributed by atoms with Gasteiger partial charge in [-0.05, 0) is 23.8 Å². The molecule has 0 aromatic heterocycles. The van der Waals surface area contributed by atoms with Crippen LogP contribution in [0, 0.1) is 0 Å². The maximum Gasteiger partial charge on any atom is 0.233 e. The SMILES string of the molecule is NCCNS(=O)(=O)/C=C/c1ccc(Br)cc1. The number of halogens is 1. The van der Waals surface area contributed by atoms with E-state index in [1.54, 1.807) is 0 Å². The van der Waals surface area contributed by atoms with E-state index in [-0.39, 0.29) is 13.1 Å². The summed E-state index contributed by atoms with van der Waals surface area (Å²) in [5, 5.41) is 1.13. The molecule has 0 saturated carbocycles. The molecule has 6 heteroatoms. The van der Waals surface area contributed by atoms with Gasteiger partial charge in [-0.25, -0.2) is 13.1 Å². The predicted octanol–water partition coefficient (Wildman–Crippen LogP) is 1.30. The van der Waals surface area contributed by atoms with Gasteiger partial charge in [0.2, 0.25) is 10.0 Å². The van der Waals surface area contributed by atoms with Gasteiger partial charge in [0.15, 0.2) is 0 Å². The van der Waals surface area contributed by atoms with Crippen LogP contribution in [0.15, 0.2) is 34.1 Å². The molecule has 0 saturated heterocycles. The molecule has 0 amide bonds. The molecule has 0 bridgehead atoms. The second-order valence-corrected chi connectivity index (χ2v) is 5.65. The van der Waals surface area contributed by atoms with Crippen LogP contribution in [0.1, 0.15) is 5.56 Å². The molecule has 16 heavy (non-hydrogen) atoms. The van der Waals surface area contributed by atoms with Crippen molar-refractivity contribution in [2.24, 2.45) is 5.73 Å². The van der Waals surface area contributed by atoms with E-state index in [1.165, 1.54) is 6.08 Å². The fourth-order valence-electron chi connectivity index (χ4n) is 0.991. The number of hydrogen-bond acceptors (Lipinski definition) is 3. The Balaban J connectivity index is 2.69. The van der Waals surface area contributed by atoms with Gasteiger partial charge in [0.05, 0.1) is 0 Å². The molecule has 0 aliphatic rings. The Morgan fingerprint density at radius 2 is 1.94 bits per heavy atom. The summed E-state index contributed by atoms with van der Waals surface area (Å²) in [6.45, 7) is 0.526. The van der Waals surface area contributed by atoms with E-state index < -0.39 is 10.0 Å². The third kappa shape index (κ3) is 4.89. The Kier molecular flexibility index (Phi) is 5.14. The lowest BCUT2D eigenvalue weighted by molar-refractivity contribution is 0.591. The molecule has 0 fully saturated rings. The molecule has 88 valence electrons. The van der Waals surface area contributed by atoms with E-state index >= 15 is 0 Å². The molecular formula is C10H13BrN2O2S. The molecule has 0 aliphatic heterocycles. The first-order valence-corrected chi connectivity index (χ1v) is 7.01. The lowest BCUT2D eigenvalue weighted by Gasteiger charge is -1.99. The van der Waals surface area contributed by atoms with Gasteiger partial charge in [-0.2, -0.15) is 0 Å². The molecule has 4 nitrogen and oxygen atoms in total. The van der Waals surface area contributed by atoms with Crippen molar-refractivity contribution in [2.75, 3.05) is 13.1 Å². The minimum absolute atomic E-state index is 0.243. The van der Waals surface area contributed by atoms with E-state index in [2.05, 4.69) is 20.7 Å².